The summed E-state index contributed by atoms with van der Waals surface area (Å²) in [6.45, 7) is 0. The van der Waals surface area contributed by atoms with Crippen LogP contribution in [0.15, 0.2) is 121 Å². The first-order valence-corrected chi connectivity index (χ1v) is 12.0. The molecule has 0 aliphatic carbocycles. The van der Waals surface area contributed by atoms with Gasteiger partial charge in [-0.25, -0.2) is 0 Å². The zero-order valence-corrected chi connectivity index (χ0v) is 19.0. The van der Waals surface area contributed by atoms with Crippen LogP contribution in [0.25, 0.3) is 43.1 Å². The molecule has 0 saturated carbocycles. The van der Waals surface area contributed by atoms with Crippen molar-refractivity contribution >= 4 is 43.1 Å². The number of rotatable bonds is 4. The maximum Gasteiger partial charge on any atom is -0.00165 e. The van der Waals surface area contributed by atoms with Gasteiger partial charge < -0.3 is 0 Å². The second-order valence-electron chi connectivity index (χ2n) is 9.33. The molecule has 0 N–H and O–H groups in total. The van der Waals surface area contributed by atoms with Crippen LogP contribution in [0.4, 0.5) is 0 Å². The Bertz CT molecular complexity index is 1770. The van der Waals surface area contributed by atoms with Crippen molar-refractivity contribution in [3.05, 3.63) is 144 Å². The maximum absolute atomic E-state index is 2.45. The highest BCUT2D eigenvalue weighted by Crippen LogP contribution is 2.43. The van der Waals surface area contributed by atoms with Crippen LogP contribution in [-0.2, 0) is 12.8 Å². The molecule has 7 aromatic carbocycles. The summed E-state index contributed by atoms with van der Waals surface area (Å²) in [4.78, 5) is 0. The SMILES string of the molecule is c1ccc(Cc2cc3cccc4c5cccc6cccc(c(c2Cc2ccccc2)c34)c65)cc1. The highest BCUT2D eigenvalue weighted by molar-refractivity contribution is 6.33. The monoisotopic (exact) mass is 432 g/mol. The molecule has 0 aliphatic rings. The molecule has 0 bridgehead atoms. The van der Waals surface area contributed by atoms with E-state index in [4.69, 9.17) is 0 Å². The summed E-state index contributed by atoms with van der Waals surface area (Å²) < 4.78 is 0. The van der Waals surface area contributed by atoms with E-state index in [0.717, 1.165) is 12.8 Å². The molecule has 0 radical (unpaired) electrons. The molecule has 0 aliphatic heterocycles. The Balaban J connectivity index is 1.65. The predicted octanol–water partition coefficient (Wildman–Crippen LogP) is 8.92. The smallest absolute Gasteiger partial charge is 0.00165 e. The van der Waals surface area contributed by atoms with Crippen LogP contribution in [0.3, 0.4) is 0 Å². The average Bonchev–Trinajstić information content (AvgIpc) is 2.89. The van der Waals surface area contributed by atoms with E-state index in [-0.39, 0.29) is 0 Å². The van der Waals surface area contributed by atoms with Gasteiger partial charge in [-0.1, -0.05) is 121 Å². The Morgan fingerprint density at radius 2 is 0.941 bits per heavy atom. The van der Waals surface area contributed by atoms with Crippen LogP contribution < -0.4 is 0 Å². The van der Waals surface area contributed by atoms with Gasteiger partial charge in [0, 0.05) is 0 Å². The van der Waals surface area contributed by atoms with Gasteiger partial charge in [0.2, 0.25) is 0 Å². The second-order valence-corrected chi connectivity index (χ2v) is 9.33. The van der Waals surface area contributed by atoms with Crippen molar-refractivity contribution in [3.63, 3.8) is 0 Å². The van der Waals surface area contributed by atoms with Gasteiger partial charge in [-0.15, -0.1) is 0 Å². The molecule has 0 heterocycles. The van der Waals surface area contributed by atoms with E-state index >= 15 is 0 Å². The predicted molar refractivity (Wildman–Crippen MR) is 146 cm³/mol. The Morgan fingerprint density at radius 1 is 0.382 bits per heavy atom. The Hall–Kier alpha value is -4.16. The van der Waals surface area contributed by atoms with Crippen molar-refractivity contribution in [1.29, 1.82) is 0 Å². The molecule has 0 fully saturated rings. The van der Waals surface area contributed by atoms with Gasteiger partial charge in [0.05, 0.1) is 0 Å². The summed E-state index contributed by atoms with van der Waals surface area (Å²) in [6.07, 6.45) is 1.87. The topological polar surface area (TPSA) is 0 Å². The van der Waals surface area contributed by atoms with Crippen LogP contribution in [0.2, 0.25) is 0 Å². The zero-order chi connectivity index (χ0) is 22.5. The van der Waals surface area contributed by atoms with Crippen molar-refractivity contribution in [2.75, 3.05) is 0 Å². The standard InChI is InChI=1S/C34H24/c1-3-10-23(11-4-1)20-27-22-26-16-9-18-29-28-17-7-14-25-15-8-19-30(32(25)28)34(33(26)29)31(27)21-24-12-5-2-6-13-24/h1-19,22H,20-21H2. The summed E-state index contributed by atoms with van der Waals surface area (Å²) in [6, 6.07) is 44.6. The Kier molecular flexibility index (Phi) is 4.38. The minimum Gasteiger partial charge on any atom is -0.0622 e. The fraction of sp³-hybridized carbons (Fsp3) is 0.0588. The van der Waals surface area contributed by atoms with Crippen molar-refractivity contribution < 1.29 is 0 Å². The van der Waals surface area contributed by atoms with E-state index < -0.39 is 0 Å². The number of benzene rings is 7. The van der Waals surface area contributed by atoms with Gasteiger partial charge in [0.15, 0.2) is 0 Å². The van der Waals surface area contributed by atoms with E-state index in [0.29, 0.717) is 0 Å². The van der Waals surface area contributed by atoms with Gasteiger partial charge in [0.25, 0.3) is 0 Å². The molecule has 0 atom stereocenters. The fourth-order valence-electron chi connectivity index (χ4n) is 5.83. The first-order valence-electron chi connectivity index (χ1n) is 12.0. The van der Waals surface area contributed by atoms with Gasteiger partial charge in [-0.3, -0.25) is 0 Å². The van der Waals surface area contributed by atoms with Crippen molar-refractivity contribution in [1.82, 2.24) is 0 Å². The third-order valence-corrected chi connectivity index (χ3v) is 7.29. The van der Waals surface area contributed by atoms with Crippen LogP contribution in [0.5, 0.6) is 0 Å². The molecule has 0 saturated heterocycles. The van der Waals surface area contributed by atoms with Crippen molar-refractivity contribution in [2.24, 2.45) is 0 Å². The average molecular weight is 433 g/mol. The number of fused-ring (bicyclic) bond motifs is 2. The highest BCUT2D eigenvalue weighted by atomic mass is 14.2. The van der Waals surface area contributed by atoms with Crippen LogP contribution in [0, 0.1) is 0 Å². The lowest BCUT2D eigenvalue weighted by Crippen LogP contribution is -2.01. The summed E-state index contributed by atoms with van der Waals surface area (Å²) in [5.41, 5.74) is 5.59. The minimum atomic E-state index is 0.932. The van der Waals surface area contributed by atoms with Crippen LogP contribution in [0.1, 0.15) is 22.3 Å². The molecular weight excluding hydrogens is 408 g/mol. The normalized spacial score (nSPS) is 11.8. The van der Waals surface area contributed by atoms with Crippen molar-refractivity contribution in [2.45, 2.75) is 12.8 Å². The van der Waals surface area contributed by atoms with Crippen LogP contribution in [-0.4, -0.2) is 0 Å². The molecule has 0 amide bonds. The molecule has 160 valence electrons. The lowest BCUT2D eigenvalue weighted by molar-refractivity contribution is 1.11. The molecule has 0 nitrogen and oxygen atoms in total. The van der Waals surface area contributed by atoms with Gasteiger partial charge >= 0.3 is 0 Å². The van der Waals surface area contributed by atoms with Crippen molar-refractivity contribution in [3.8, 4) is 0 Å². The summed E-state index contributed by atoms with van der Waals surface area (Å²) in [7, 11) is 0. The molecule has 0 unspecified atom stereocenters. The lowest BCUT2D eigenvalue weighted by atomic mass is 9.83. The lowest BCUT2D eigenvalue weighted by Gasteiger charge is -2.20. The second kappa shape index (κ2) is 7.71. The molecule has 0 heteroatoms. The van der Waals surface area contributed by atoms with Gasteiger partial charge in [-0.2, -0.15) is 0 Å². The van der Waals surface area contributed by atoms with Gasteiger partial charge in [-0.05, 0) is 78.2 Å². The molecule has 0 spiro atoms. The number of hydrogen-bond donors (Lipinski definition) is 0. The summed E-state index contributed by atoms with van der Waals surface area (Å²) in [5, 5.41) is 10.9. The third kappa shape index (κ3) is 2.99. The van der Waals surface area contributed by atoms with Gasteiger partial charge in [0.1, 0.15) is 0 Å². The van der Waals surface area contributed by atoms with Crippen LogP contribution >= 0.6 is 0 Å². The summed E-state index contributed by atoms with van der Waals surface area (Å²) in [5.74, 6) is 0. The quantitative estimate of drug-likeness (QED) is 0.192. The fourth-order valence-corrected chi connectivity index (χ4v) is 5.83. The Morgan fingerprint density at radius 3 is 1.62 bits per heavy atom. The zero-order valence-electron chi connectivity index (χ0n) is 19.0. The first-order chi connectivity index (χ1) is 16.9. The molecule has 7 rings (SSSR count). The molecule has 34 heavy (non-hydrogen) atoms. The third-order valence-electron chi connectivity index (χ3n) is 7.29. The summed E-state index contributed by atoms with van der Waals surface area (Å²) >= 11 is 0. The van der Waals surface area contributed by atoms with E-state index in [1.165, 1.54) is 65.3 Å². The van der Waals surface area contributed by atoms with E-state index in [1.54, 1.807) is 0 Å². The van der Waals surface area contributed by atoms with E-state index in [2.05, 4.69) is 121 Å². The number of hydrogen-bond acceptors (Lipinski definition) is 0. The highest BCUT2D eigenvalue weighted by Gasteiger charge is 2.18. The first kappa shape index (κ1) is 19.3. The Labute approximate surface area is 199 Å². The maximum atomic E-state index is 2.45. The molecular formula is C34H24. The molecule has 7 aromatic rings. The van der Waals surface area contributed by atoms with E-state index in [9.17, 15) is 0 Å². The largest absolute Gasteiger partial charge is 0.0622 e. The van der Waals surface area contributed by atoms with E-state index in [1.807, 2.05) is 0 Å². The minimum absolute atomic E-state index is 0.932. The molecule has 0 aromatic heterocycles.